The second-order valence-corrected chi connectivity index (χ2v) is 5.11. The minimum Gasteiger partial charge on any atom is -0.353 e. The van der Waals surface area contributed by atoms with Crippen molar-refractivity contribution in [1.82, 2.24) is 15.1 Å². The first kappa shape index (κ1) is 12.2. The zero-order valence-electron chi connectivity index (χ0n) is 11.6. The van der Waals surface area contributed by atoms with Crippen LogP contribution in [0.5, 0.6) is 0 Å². The fourth-order valence-electron chi connectivity index (χ4n) is 2.50. The number of rotatable bonds is 2. The van der Waals surface area contributed by atoms with Gasteiger partial charge >= 0.3 is 0 Å². The van der Waals surface area contributed by atoms with Crippen LogP contribution in [0.15, 0.2) is 30.3 Å². The summed E-state index contributed by atoms with van der Waals surface area (Å²) in [5, 5.41) is 8.02. The predicted octanol–water partition coefficient (Wildman–Crippen LogP) is 1.81. The van der Waals surface area contributed by atoms with Crippen molar-refractivity contribution in [2.75, 3.05) is 31.1 Å². The molecule has 1 aliphatic heterocycles. The molecule has 2 aromatic rings. The summed E-state index contributed by atoms with van der Waals surface area (Å²) in [6, 6.07) is 10.8. The lowest BCUT2D eigenvalue weighted by molar-refractivity contribution is 0.581. The van der Waals surface area contributed by atoms with Gasteiger partial charge in [0, 0.05) is 39.3 Å². The summed E-state index contributed by atoms with van der Waals surface area (Å²) >= 11 is 0. The maximum atomic E-state index is 4.65. The standard InChI is InChI=1S/C15H20N4/c1-12-3-5-13(6-4-12)14-11-15(17-18(14)2)19-9-7-16-8-10-19/h3-6,11,16H,7-10H2,1-2H3. The second kappa shape index (κ2) is 5.05. The maximum absolute atomic E-state index is 4.65. The number of aryl methyl sites for hydroxylation is 2. The molecular formula is C15H20N4. The first-order valence-corrected chi connectivity index (χ1v) is 6.81. The van der Waals surface area contributed by atoms with E-state index >= 15 is 0 Å². The van der Waals surface area contributed by atoms with Crippen LogP contribution < -0.4 is 10.2 Å². The van der Waals surface area contributed by atoms with Crippen molar-refractivity contribution in [3.8, 4) is 11.3 Å². The van der Waals surface area contributed by atoms with Gasteiger partial charge in [0.15, 0.2) is 5.82 Å². The Kier molecular flexibility index (Phi) is 3.25. The summed E-state index contributed by atoms with van der Waals surface area (Å²) in [5.74, 6) is 1.08. The SMILES string of the molecule is Cc1ccc(-c2cc(N3CCNCC3)nn2C)cc1. The molecule has 0 atom stereocenters. The number of hydrogen-bond acceptors (Lipinski definition) is 3. The first-order valence-electron chi connectivity index (χ1n) is 6.81. The molecule has 0 bridgehead atoms. The second-order valence-electron chi connectivity index (χ2n) is 5.11. The van der Waals surface area contributed by atoms with Gasteiger partial charge in [-0.3, -0.25) is 4.68 Å². The normalized spacial score (nSPS) is 15.8. The van der Waals surface area contributed by atoms with E-state index in [1.807, 2.05) is 11.7 Å². The van der Waals surface area contributed by atoms with E-state index in [1.54, 1.807) is 0 Å². The molecule has 1 fully saturated rings. The summed E-state index contributed by atoms with van der Waals surface area (Å²) in [7, 11) is 2.01. The Bertz CT molecular complexity index is 550. The van der Waals surface area contributed by atoms with Gasteiger partial charge in [-0.05, 0) is 12.5 Å². The van der Waals surface area contributed by atoms with Crippen molar-refractivity contribution in [3.05, 3.63) is 35.9 Å². The molecule has 1 aliphatic rings. The van der Waals surface area contributed by atoms with Crippen LogP contribution in [0.3, 0.4) is 0 Å². The van der Waals surface area contributed by atoms with E-state index in [0.29, 0.717) is 0 Å². The van der Waals surface area contributed by atoms with Crippen molar-refractivity contribution < 1.29 is 0 Å². The van der Waals surface area contributed by atoms with Gasteiger partial charge in [-0.15, -0.1) is 0 Å². The van der Waals surface area contributed by atoms with Crippen LogP contribution in [-0.2, 0) is 7.05 Å². The largest absolute Gasteiger partial charge is 0.353 e. The van der Waals surface area contributed by atoms with E-state index in [1.165, 1.54) is 16.8 Å². The number of anilines is 1. The van der Waals surface area contributed by atoms with Crippen molar-refractivity contribution in [2.24, 2.45) is 7.05 Å². The van der Waals surface area contributed by atoms with Crippen LogP contribution >= 0.6 is 0 Å². The molecule has 0 amide bonds. The molecule has 4 heteroatoms. The van der Waals surface area contributed by atoms with Gasteiger partial charge < -0.3 is 10.2 Å². The first-order chi connectivity index (χ1) is 9.24. The maximum Gasteiger partial charge on any atom is 0.151 e. The van der Waals surface area contributed by atoms with Gasteiger partial charge in [0.05, 0.1) is 5.69 Å². The molecule has 19 heavy (non-hydrogen) atoms. The van der Waals surface area contributed by atoms with Crippen molar-refractivity contribution in [1.29, 1.82) is 0 Å². The Morgan fingerprint density at radius 3 is 2.47 bits per heavy atom. The van der Waals surface area contributed by atoms with E-state index in [-0.39, 0.29) is 0 Å². The third-order valence-corrected chi connectivity index (χ3v) is 3.66. The van der Waals surface area contributed by atoms with Crippen molar-refractivity contribution in [3.63, 3.8) is 0 Å². The van der Waals surface area contributed by atoms with Gasteiger partial charge in [0.1, 0.15) is 0 Å². The smallest absolute Gasteiger partial charge is 0.151 e. The molecule has 0 unspecified atom stereocenters. The minimum atomic E-state index is 1.03. The van der Waals surface area contributed by atoms with E-state index in [9.17, 15) is 0 Å². The van der Waals surface area contributed by atoms with Crippen molar-refractivity contribution in [2.45, 2.75) is 6.92 Å². The number of benzene rings is 1. The van der Waals surface area contributed by atoms with Crippen LogP contribution in [-0.4, -0.2) is 36.0 Å². The molecular weight excluding hydrogens is 236 g/mol. The molecule has 0 spiro atoms. The summed E-state index contributed by atoms with van der Waals surface area (Å²) in [4.78, 5) is 2.34. The molecule has 0 saturated carbocycles. The predicted molar refractivity (Wildman–Crippen MR) is 78.5 cm³/mol. The molecule has 0 radical (unpaired) electrons. The molecule has 0 aliphatic carbocycles. The highest BCUT2D eigenvalue weighted by Crippen LogP contribution is 2.24. The average Bonchev–Trinajstić information content (AvgIpc) is 2.83. The molecule has 100 valence electrons. The quantitative estimate of drug-likeness (QED) is 0.889. The molecule has 1 aromatic carbocycles. The number of nitrogens with zero attached hydrogens (tertiary/aromatic N) is 3. The molecule has 2 heterocycles. The summed E-state index contributed by atoms with van der Waals surface area (Å²) < 4.78 is 1.97. The Morgan fingerprint density at radius 1 is 1.11 bits per heavy atom. The Hall–Kier alpha value is -1.81. The third-order valence-electron chi connectivity index (χ3n) is 3.66. The van der Waals surface area contributed by atoms with Crippen LogP contribution in [0.2, 0.25) is 0 Å². The number of nitrogens with one attached hydrogen (secondary N) is 1. The Balaban J connectivity index is 1.90. The fourth-order valence-corrected chi connectivity index (χ4v) is 2.50. The van der Waals surface area contributed by atoms with E-state index in [4.69, 9.17) is 0 Å². The molecule has 1 aromatic heterocycles. The molecule has 1 saturated heterocycles. The summed E-state index contributed by atoms with van der Waals surface area (Å²) in [5.41, 5.74) is 3.68. The van der Waals surface area contributed by atoms with Crippen LogP contribution in [0.4, 0.5) is 5.82 Å². The van der Waals surface area contributed by atoms with Crippen LogP contribution in [0, 0.1) is 6.92 Å². The van der Waals surface area contributed by atoms with Gasteiger partial charge in [0.2, 0.25) is 0 Å². The van der Waals surface area contributed by atoms with Crippen molar-refractivity contribution >= 4 is 5.82 Å². The van der Waals surface area contributed by atoms with Gasteiger partial charge in [-0.2, -0.15) is 5.10 Å². The highest BCUT2D eigenvalue weighted by molar-refractivity contribution is 5.64. The van der Waals surface area contributed by atoms with E-state index in [2.05, 4.69) is 52.6 Å². The number of hydrogen-bond donors (Lipinski definition) is 1. The summed E-state index contributed by atoms with van der Waals surface area (Å²) in [6.07, 6.45) is 0. The monoisotopic (exact) mass is 256 g/mol. The van der Waals surface area contributed by atoms with Crippen LogP contribution in [0.1, 0.15) is 5.56 Å². The topological polar surface area (TPSA) is 33.1 Å². The Labute approximate surface area is 114 Å². The number of aromatic nitrogens is 2. The molecule has 4 nitrogen and oxygen atoms in total. The highest BCUT2D eigenvalue weighted by atomic mass is 15.4. The Morgan fingerprint density at radius 2 is 1.79 bits per heavy atom. The summed E-state index contributed by atoms with van der Waals surface area (Å²) in [6.45, 7) is 6.25. The lowest BCUT2D eigenvalue weighted by Gasteiger charge is -2.27. The van der Waals surface area contributed by atoms with E-state index in [0.717, 1.165) is 32.0 Å². The lowest BCUT2D eigenvalue weighted by atomic mass is 10.1. The molecule has 1 N–H and O–H groups in total. The zero-order valence-corrected chi connectivity index (χ0v) is 11.6. The third kappa shape index (κ3) is 2.49. The van der Waals surface area contributed by atoms with Gasteiger partial charge in [-0.1, -0.05) is 29.8 Å². The highest BCUT2D eigenvalue weighted by Gasteiger charge is 2.15. The lowest BCUT2D eigenvalue weighted by Crippen LogP contribution is -2.43. The fraction of sp³-hybridized carbons (Fsp3) is 0.400. The van der Waals surface area contributed by atoms with Crippen LogP contribution in [0.25, 0.3) is 11.3 Å². The zero-order chi connectivity index (χ0) is 13.2. The number of piperazine rings is 1. The average molecular weight is 256 g/mol. The van der Waals surface area contributed by atoms with Gasteiger partial charge in [-0.25, -0.2) is 0 Å². The molecule has 3 rings (SSSR count). The minimum absolute atomic E-state index is 1.03. The van der Waals surface area contributed by atoms with Gasteiger partial charge in [0.25, 0.3) is 0 Å². The van der Waals surface area contributed by atoms with E-state index < -0.39 is 0 Å².